The fraction of sp³-hybridized carbons (Fsp3) is 0.562. The lowest BCUT2D eigenvalue weighted by Gasteiger charge is -2.46. The molecule has 1 aliphatic rings. The van der Waals surface area contributed by atoms with Crippen LogP contribution in [0, 0.1) is 5.82 Å². The second-order valence-corrected chi connectivity index (χ2v) is 5.68. The van der Waals surface area contributed by atoms with E-state index in [0.29, 0.717) is 24.9 Å². The van der Waals surface area contributed by atoms with Crippen molar-refractivity contribution in [2.75, 3.05) is 6.54 Å². The average Bonchev–Trinajstić information content (AvgIpc) is 2.43. The first-order chi connectivity index (χ1) is 9.50. The highest BCUT2D eigenvalue weighted by Gasteiger charge is 2.44. The smallest absolute Gasteiger partial charge is 0.323 e. The molecule has 0 aliphatic carbocycles. The van der Waals surface area contributed by atoms with Crippen molar-refractivity contribution in [1.82, 2.24) is 4.90 Å². The number of hydrogen-bond donors (Lipinski definition) is 1. The molecule has 2 atom stereocenters. The van der Waals surface area contributed by atoms with Gasteiger partial charge in [0.25, 0.3) is 0 Å². The molecule has 1 aliphatic heterocycles. The molecule has 1 aromatic rings. The lowest BCUT2D eigenvalue weighted by Crippen LogP contribution is -2.56. The number of carbonyl (C=O) groups is 1. The fourth-order valence-electron chi connectivity index (χ4n) is 3.22. The van der Waals surface area contributed by atoms with Gasteiger partial charge in [0.1, 0.15) is 11.4 Å². The number of rotatable bonds is 4. The zero-order valence-corrected chi connectivity index (χ0v) is 12.1. The number of halogens is 1. The summed E-state index contributed by atoms with van der Waals surface area (Å²) in [5, 5.41) is 9.59. The van der Waals surface area contributed by atoms with E-state index in [0.717, 1.165) is 12.8 Å². The Labute approximate surface area is 119 Å². The third kappa shape index (κ3) is 2.57. The Morgan fingerprint density at radius 3 is 2.75 bits per heavy atom. The fourth-order valence-corrected chi connectivity index (χ4v) is 3.22. The summed E-state index contributed by atoms with van der Waals surface area (Å²) in [5.41, 5.74) is -0.300. The Kier molecular flexibility index (Phi) is 4.43. The summed E-state index contributed by atoms with van der Waals surface area (Å²) in [5.74, 6) is -1.07. The van der Waals surface area contributed by atoms with E-state index in [9.17, 15) is 14.3 Å². The van der Waals surface area contributed by atoms with Crippen LogP contribution in [0.4, 0.5) is 4.39 Å². The first kappa shape index (κ1) is 15.0. The molecule has 0 bridgehead atoms. The molecule has 1 saturated heterocycles. The minimum Gasteiger partial charge on any atom is -0.480 e. The Hall–Kier alpha value is -1.42. The average molecular weight is 279 g/mol. The number of nitrogens with zero attached hydrogens (tertiary/aromatic N) is 1. The van der Waals surface area contributed by atoms with Crippen molar-refractivity contribution in [3.63, 3.8) is 0 Å². The molecule has 110 valence electrons. The van der Waals surface area contributed by atoms with Gasteiger partial charge >= 0.3 is 5.97 Å². The number of aliphatic carboxylic acids is 1. The quantitative estimate of drug-likeness (QED) is 0.915. The third-order valence-electron chi connectivity index (χ3n) is 4.43. The van der Waals surface area contributed by atoms with Crippen LogP contribution in [-0.2, 0) is 4.79 Å². The molecule has 2 unspecified atom stereocenters. The van der Waals surface area contributed by atoms with Crippen LogP contribution in [0.1, 0.15) is 51.1 Å². The second kappa shape index (κ2) is 5.92. The molecule has 0 aromatic heterocycles. The van der Waals surface area contributed by atoms with E-state index in [4.69, 9.17) is 0 Å². The molecule has 0 saturated carbocycles. The van der Waals surface area contributed by atoms with Gasteiger partial charge in [0.2, 0.25) is 0 Å². The van der Waals surface area contributed by atoms with Gasteiger partial charge in [-0.15, -0.1) is 0 Å². The molecular formula is C16H22FNO2. The summed E-state index contributed by atoms with van der Waals surface area (Å²) >= 11 is 0. The summed E-state index contributed by atoms with van der Waals surface area (Å²) < 4.78 is 14.1. The number of carboxylic acids is 1. The number of hydrogen-bond acceptors (Lipinski definition) is 2. The van der Waals surface area contributed by atoms with Crippen molar-refractivity contribution < 1.29 is 14.3 Å². The van der Waals surface area contributed by atoms with Crippen molar-refractivity contribution in [3.8, 4) is 0 Å². The molecule has 1 fully saturated rings. The number of likely N-dealkylation sites (tertiary alicyclic amines) is 1. The van der Waals surface area contributed by atoms with Crippen LogP contribution < -0.4 is 0 Å². The normalized spacial score (nSPS) is 25.4. The lowest BCUT2D eigenvalue weighted by atomic mass is 9.85. The second-order valence-electron chi connectivity index (χ2n) is 5.68. The van der Waals surface area contributed by atoms with Crippen molar-refractivity contribution >= 4 is 5.97 Å². The third-order valence-corrected chi connectivity index (χ3v) is 4.43. The van der Waals surface area contributed by atoms with Crippen LogP contribution in [0.25, 0.3) is 0 Å². The maximum atomic E-state index is 14.1. The van der Waals surface area contributed by atoms with Gasteiger partial charge < -0.3 is 5.11 Å². The summed E-state index contributed by atoms with van der Waals surface area (Å²) in [6.07, 6.45) is 3.19. The maximum absolute atomic E-state index is 14.1. The highest BCUT2D eigenvalue weighted by molar-refractivity contribution is 5.78. The van der Waals surface area contributed by atoms with Crippen LogP contribution in [0.5, 0.6) is 0 Å². The van der Waals surface area contributed by atoms with Crippen LogP contribution in [0.3, 0.4) is 0 Å². The molecule has 4 heteroatoms. The molecule has 0 amide bonds. The van der Waals surface area contributed by atoms with Crippen LogP contribution in [-0.4, -0.2) is 28.1 Å². The van der Waals surface area contributed by atoms with Gasteiger partial charge in [0.05, 0.1) is 0 Å². The topological polar surface area (TPSA) is 40.5 Å². The van der Waals surface area contributed by atoms with Gasteiger partial charge in [-0.25, -0.2) is 4.39 Å². The summed E-state index contributed by atoms with van der Waals surface area (Å²) in [6, 6.07) is 6.50. The van der Waals surface area contributed by atoms with E-state index in [1.54, 1.807) is 19.1 Å². The van der Waals surface area contributed by atoms with Crippen LogP contribution in [0.15, 0.2) is 24.3 Å². The molecule has 0 spiro atoms. The van der Waals surface area contributed by atoms with Gasteiger partial charge in [-0.3, -0.25) is 9.69 Å². The van der Waals surface area contributed by atoms with Crippen molar-refractivity contribution in [1.29, 1.82) is 0 Å². The van der Waals surface area contributed by atoms with Crippen LogP contribution in [0.2, 0.25) is 0 Å². The summed E-state index contributed by atoms with van der Waals surface area (Å²) in [7, 11) is 0. The van der Waals surface area contributed by atoms with E-state index in [-0.39, 0.29) is 11.9 Å². The van der Waals surface area contributed by atoms with Crippen molar-refractivity contribution in [2.24, 2.45) is 0 Å². The Balaban J connectivity index is 2.39. The first-order valence-corrected chi connectivity index (χ1v) is 7.25. The van der Waals surface area contributed by atoms with E-state index in [1.165, 1.54) is 6.07 Å². The van der Waals surface area contributed by atoms with Crippen molar-refractivity contribution in [3.05, 3.63) is 35.6 Å². The number of piperidine rings is 1. The van der Waals surface area contributed by atoms with E-state index >= 15 is 0 Å². The molecule has 1 N–H and O–H groups in total. The summed E-state index contributed by atoms with van der Waals surface area (Å²) in [6.45, 7) is 4.45. The highest BCUT2D eigenvalue weighted by Crippen LogP contribution is 2.38. The van der Waals surface area contributed by atoms with E-state index < -0.39 is 11.5 Å². The van der Waals surface area contributed by atoms with Gasteiger partial charge in [-0.2, -0.15) is 0 Å². The molecule has 2 rings (SSSR count). The van der Waals surface area contributed by atoms with E-state index in [1.807, 2.05) is 17.9 Å². The minimum atomic E-state index is -0.902. The molecule has 1 heterocycles. The molecule has 3 nitrogen and oxygen atoms in total. The molecular weight excluding hydrogens is 257 g/mol. The standard InChI is InChI=1S/C16H22FNO2/c1-3-14(12-8-4-5-9-13(12)17)18-11-7-6-10-16(18,2)15(19)20/h4-5,8-9,14H,3,6-7,10-11H2,1-2H3,(H,19,20). The summed E-state index contributed by atoms with van der Waals surface area (Å²) in [4.78, 5) is 13.7. The predicted octanol–water partition coefficient (Wildman–Crippen LogP) is 3.61. The Morgan fingerprint density at radius 2 is 2.15 bits per heavy atom. The van der Waals surface area contributed by atoms with Gasteiger partial charge in [-0.05, 0) is 45.2 Å². The maximum Gasteiger partial charge on any atom is 0.323 e. The molecule has 1 aromatic carbocycles. The Bertz CT molecular complexity index is 491. The molecule has 20 heavy (non-hydrogen) atoms. The minimum absolute atomic E-state index is 0.183. The zero-order chi connectivity index (χ0) is 14.8. The van der Waals surface area contributed by atoms with Gasteiger partial charge in [-0.1, -0.05) is 25.1 Å². The largest absolute Gasteiger partial charge is 0.480 e. The van der Waals surface area contributed by atoms with Crippen LogP contribution >= 0.6 is 0 Å². The monoisotopic (exact) mass is 279 g/mol. The van der Waals surface area contributed by atoms with Gasteiger partial charge in [0, 0.05) is 11.6 Å². The zero-order valence-electron chi connectivity index (χ0n) is 12.1. The highest BCUT2D eigenvalue weighted by atomic mass is 19.1. The number of carboxylic acid groups (broad SMARTS) is 1. The first-order valence-electron chi connectivity index (χ1n) is 7.25. The van der Waals surface area contributed by atoms with E-state index in [2.05, 4.69) is 0 Å². The van der Waals surface area contributed by atoms with Crippen molar-refractivity contribution in [2.45, 2.75) is 51.1 Å². The predicted molar refractivity (Wildman–Crippen MR) is 76.0 cm³/mol. The SMILES string of the molecule is CCC(c1ccccc1F)N1CCCCC1(C)C(=O)O. The Morgan fingerprint density at radius 1 is 1.45 bits per heavy atom. The van der Waals surface area contributed by atoms with Gasteiger partial charge in [0.15, 0.2) is 0 Å². The lowest BCUT2D eigenvalue weighted by molar-refractivity contribution is -0.155. The number of benzene rings is 1. The molecule has 0 radical (unpaired) electrons.